The molecule has 106 valence electrons. The second-order valence-corrected chi connectivity index (χ2v) is 5.14. The van der Waals surface area contributed by atoms with E-state index < -0.39 is 0 Å². The van der Waals surface area contributed by atoms with Gasteiger partial charge >= 0.3 is 0 Å². The van der Waals surface area contributed by atoms with Crippen molar-refractivity contribution in [2.24, 2.45) is 0 Å². The number of halogens is 2. The van der Waals surface area contributed by atoms with Gasteiger partial charge in [-0.25, -0.2) is 4.39 Å². The molecule has 0 bridgehead atoms. The van der Waals surface area contributed by atoms with E-state index in [1.807, 2.05) is 32.0 Å². The minimum atomic E-state index is -0.343. The lowest BCUT2D eigenvalue weighted by atomic mass is 10.0. The highest BCUT2D eigenvalue weighted by Gasteiger charge is 2.16. The van der Waals surface area contributed by atoms with Crippen molar-refractivity contribution in [2.75, 3.05) is 6.54 Å². The highest BCUT2D eigenvalue weighted by Crippen LogP contribution is 2.23. The topological polar surface area (TPSA) is 24.9 Å². The molecule has 20 heavy (non-hydrogen) atoms. The fourth-order valence-electron chi connectivity index (χ4n) is 2.21. The number of benzene rings is 1. The summed E-state index contributed by atoms with van der Waals surface area (Å²) >= 11 is 5.83. The Labute approximate surface area is 124 Å². The first kappa shape index (κ1) is 14.9. The second kappa shape index (κ2) is 6.82. The first-order valence-electron chi connectivity index (χ1n) is 6.71. The van der Waals surface area contributed by atoms with E-state index in [4.69, 9.17) is 11.6 Å². The van der Waals surface area contributed by atoms with Crippen molar-refractivity contribution >= 4 is 11.6 Å². The number of aromatic nitrogens is 1. The average molecular weight is 293 g/mol. The zero-order chi connectivity index (χ0) is 14.5. The molecule has 0 saturated carbocycles. The van der Waals surface area contributed by atoms with Crippen molar-refractivity contribution in [3.63, 3.8) is 0 Å². The van der Waals surface area contributed by atoms with Crippen LogP contribution in [0.4, 0.5) is 4.39 Å². The molecule has 0 fully saturated rings. The van der Waals surface area contributed by atoms with Crippen LogP contribution in [0.5, 0.6) is 0 Å². The van der Waals surface area contributed by atoms with Crippen molar-refractivity contribution in [2.45, 2.75) is 26.3 Å². The number of hydrogen-bond acceptors (Lipinski definition) is 2. The standard InChI is InChI=1S/C16H18ClFN2/c1-3-19-15(14-9-4-6-11(2)20-14)10-12-7-5-8-13(17)16(12)18/h4-9,15,19H,3,10H2,1-2H3. The van der Waals surface area contributed by atoms with Crippen LogP contribution in [0.2, 0.25) is 5.02 Å². The Morgan fingerprint density at radius 3 is 2.70 bits per heavy atom. The van der Waals surface area contributed by atoms with Gasteiger partial charge in [0.25, 0.3) is 0 Å². The first-order chi connectivity index (χ1) is 9.61. The van der Waals surface area contributed by atoms with Gasteiger partial charge in [0.2, 0.25) is 0 Å². The molecule has 1 aromatic heterocycles. The quantitative estimate of drug-likeness (QED) is 0.898. The Kier molecular flexibility index (Phi) is 5.10. The van der Waals surface area contributed by atoms with Gasteiger partial charge in [-0.2, -0.15) is 0 Å². The monoisotopic (exact) mass is 292 g/mol. The van der Waals surface area contributed by atoms with Gasteiger partial charge in [0, 0.05) is 5.69 Å². The Balaban J connectivity index is 2.28. The van der Waals surface area contributed by atoms with Gasteiger partial charge in [-0.05, 0) is 43.7 Å². The van der Waals surface area contributed by atoms with Gasteiger partial charge in [-0.15, -0.1) is 0 Å². The van der Waals surface area contributed by atoms with Crippen LogP contribution in [0.1, 0.15) is 29.9 Å². The largest absolute Gasteiger partial charge is 0.309 e. The Morgan fingerprint density at radius 1 is 1.25 bits per heavy atom. The SMILES string of the molecule is CCNC(Cc1cccc(Cl)c1F)c1cccc(C)n1. The number of pyridine rings is 1. The third-order valence-electron chi connectivity index (χ3n) is 3.17. The first-order valence-corrected chi connectivity index (χ1v) is 7.09. The summed E-state index contributed by atoms with van der Waals surface area (Å²) in [5.74, 6) is -0.343. The van der Waals surface area contributed by atoms with E-state index in [9.17, 15) is 4.39 Å². The maximum absolute atomic E-state index is 14.0. The van der Waals surface area contributed by atoms with Crippen molar-refractivity contribution in [3.8, 4) is 0 Å². The molecule has 0 radical (unpaired) electrons. The predicted octanol–water partition coefficient (Wildman–Crippen LogP) is 4.08. The molecule has 2 aromatic rings. The van der Waals surface area contributed by atoms with E-state index in [0.29, 0.717) is 12.0 Å². The van der Waals surface area contributed by atoms with Gasteiger partial charge in [0.15, 0.2) is 0 Å². The molecule has 0 spiro atoms. The van der Waals surface area contributed by atoms with Crippen LogP contribution in [0.25, 0.3) is 0 Å². The van der Waals surface area contributed by atoms with E-state index >= 15 is 0 Å². The van der Waals surface area contributed by atoms with Gasteiger partial charge in [0.1, 0.15) is 5.82 Å². The summed E-state index contributed by atoms with van der Waals surface area (Å²) in [6.07, 6.45) is 0.524. The average Bonchev–Trinajstić information content (AvgIpc) is 2.43. The molecular weight excluding hydrogens is 275 g/mol. The molecule has 1 heterocycles. The maximum atomic E-state index is 14.0. The van der Waals surface area contributed by atoms with Crippen LogP contribution >= 0.6 is 11.6 Å². The van der Waals surface area contributed by atoms with Crippen LogP contribution in [-0.4, -0.2) is 11.5 Å². The summed E-state index contributed by atoms with van der Waals surface area (Å²) in [6, 6.07) is 11.0. The lowest BCUT2D eigenvalue weighted by molar-refractivity contribution is 0.517. The summed E-state index contributed by atoms with van der Waals surface area (Å²) in [6.45, 7) is 4.77. The molecule has 0 saturated heterocycles. The van der Waals surface area contributed by atoms with Crippen LogP contribution in [0.15, 0.2) is 36.4 Å². The number of rotatable bonds is 5. The fourth-order valence-corrected chi connectivity index (χ4v) is 2.41. The van der Waals surface area contributed by atoms with E-state index in [0.717, 1.165) is 17.9 Å². The predicted molar refractivity (Wildman–Crippen MR) is 80.5 cm³/mol. The van der Waals surface area contributed by atoms with E-state index in [1.54, 1.807) is 18.2 Å². The second-order valence-electron chi connectivity index (χ2n) is 4.73. The summed E-state index contributed by atoms with van der Waals surface area (Å²) in [5.41, 5.74) is 2.48. The van der Waals surface area contributed by atoms with Crippen LogP contribution in [-0.2, 0) is 6.42 Å². The summed E-state index contributed by atoms with van der Waals surface area (Å²) < 4.78 is 14.0. The third kappa shape index (κ3) is 3.56. The lowest BCUT2D eigenvalue weighted by Crippen LogP contribution is -2.24. The van der Waals surface area contributed by atoms with Crippen molar-refractivity contribution in [3.05, 3.63) is 64.2 Å². The lowest BCUT2D eigenvalue weighted by Gasteiger charge is -2.18. The molecule has 4 heteroatoms. The van der Waals surface area contributed by atoms with E-state index in [-0.39, 0.29) is 16.9 Å². The summed E-state index contributed by atoms with van der Waals surface area (Å²) in [4.78, 5) is 4.52. The molecule has 1 unspecified atom stereocenters. The molecule has 1 N–H and O–H groups in total. The molecule has 0 aliphatic carbocycles. The normalized spacial score (nSPS) is 12.4. The van der Waals surface area contributed by atoms with Gasteiger partial charge in [-0.3, -0.25) is 4.98 Å². The molecule has 1 aromatic carbocycles. The van der Waals surface area contributed by atoms with Gasteiger partial charge in [0.05, 0.1) is 16.8 Å². The molecule has 0 aliphatic rings. The van der Waals surface area contributed by atoms with E-state index in [2.05, 4.69) is 10.3 Å². The minimum Gasteiger partial charge on any atom is -0.309 e. The number of nitrogens with one attached hydrogen (secondary N) is 1. The van der Waals surface area contributed by atoms with E-state index in [1.165, 1.54) is 0 Å². The molecule has 1 atom stereocenters. The Morgan fingerprint density at radius 2 is 2.00 bits per heavy atom. The van der Waals surface area contributed by atoms with Crippen LogP contribution in [0, 0.1) is 12.7 Å². The zero-order valence-corrected chi connectivity index (χ0v) is 12.4. The molecule has 2 nitrogen and oxygen atoms in total. The van der Waals surface area contributed by atoms with Crippen LogP contribution in [0.3, 0.4) is 0 Å². The van der Waals surface area contributed by atoms with Crippen molar-refractivity contribution < 1.29 is 4.39 Å². The van der Waals surface area contributed by atoms with Crippen molar-refractivity contribution in [1.82, 2.24) is 10.3 Å². The van der Waals surface area contributed by atoms with Crippen LogP contribution < -0.4 is 5.32 Å². The summed E-state index contributed by atoms with van der Waals surface area (Å²) in [5, 5.41) is 3.51. The molecular formula is C16H18ClFN2. The number of aryl methyl sites for hydroxylation is 1. The molecule has 0 amide bonds. The number of hydrogen-bond donors (Lipinski definition) is 1. The number of nitrogens with zero attached hydrogens (tertiary/aromatic N) is 1. The maximum Gasteiger partial charge on any atom is 0.145 e. The fraction of sp³-hybridized carbons (Fsp3) is 0.312. The molecule has 0 aliphatic heterocycles. The summed E-state index contributed by atoms with van der Waals surface area (Å²) in [7, 11) is 0. The highest BCUT2D eigenvalue weighted by atomic mass is 35.5. The van der Waals surface area contributed by atoms with Gasteiger partial charge in [-0.1, -0.05) is 36.7 Å². The highest BCUT2D eigenvalue weighted by molar-refractivity contribution is 6.30. The smallest absolute Gasteiger partial charge is 0.145 e. The van der Waals surface area contributed by atoms with Gasteiger partial charge < -0.3 is 5.32 Å². The zero-order valence-electron chi connectivity index (χ0n) is 11.7. The minimum absolute atomic E-state index is 0.0205. The third-order valence-corrected chi connectivity index (χ3v) is 3.46. The Hall–Kier alpha value is -1.45. The number of likely N-dealkylation sites (N-methyl/N-ethyl adjacent to an activating group) is 1. The Bertz CT molecular complexity index is 586. The molecule has 2 rings (SSSR count). The van der Waals surface area contributed by atoms with Crippen molar-refractivity contribution in [1.29, 1.82) is 0 Å².